The highest BCUT2D eigenvalue weighted by Gasteiger charge is 2.26. The Morgan fingerprint density at radius 1 is 1.37 bits per heavy atom. The van der Waals surface area contributed by atoms with Crippen molar-refractivity contribution in [2.45, 2.75) is 40.0 Å². The van der Waals surface area contributed by atoms with Gasteiger partial charge in [0.15, 0.2) is 0 Å². The fourth-order valence-electron chi connectivity index (χ4n) is 3.42. The summed E-state index contributed by atoms with van der Waals surface area (Å²) in [6, 6.07) is 0. The number of nitrogens with one attached hydrogen (secondary N) is 1. The van der Waals surface area contributed by atoms with Crippen molar-refractivity contribution in [1.29, 1.82) is 0 Å². The van der Waals surface area contributed by atoms with E-state index >= 15 is 0 Å². The van der Waals surface area contributed by atoms with Gasteiger partial charge in [0, 0.05) is 31.2 Å². The maximum Gasteiger partial charge on any atom is 0.116 e. The molecule has 5 N–H and O–H groups in total. The van der Waals surface area contributed by atoms with Crippen molar-refractivity contribution < 1.29 is 0 Å². The first-order valence-corrected chi connectivity index (χ1v) is 7.44. The molecule has 0 saturated carbocycles. The molecule has 0 aromatic carbocycles. The first kappa shape index (κ1) is 14.1. The smallest absolute Gasteiger partial charge is 0.116 e. The largest absolute Gasteiger partial charge is 0.399 e. The van der Waals surface area contributed by atoms with Crippen molar-refractivity contribution in [3.8, 4) is 0 Å². The summed E-state index contributed by atoms with van der Waals surface area (Å²) < 4.78 is 0. The highest BCUT2D eigenvalue weighted by atomic mass is 15.2. The Kier molecular flexibility index (Phi) is 4.27. The summed E-state index contributed by atoms with van der Waals surface area (Å²) in [5.74, 6) is 1.66. The molecule has 0 radical (unpaired) electrons. The number of nitrogens with zero attached hydrogens (tertiary/aromatic N) is 1. The van der Waals surface area contributed by atoms with Crippen molar-refractivity contribution in [2.24, 2.45) is 23.3 Å². The van der Waals surface area contributed by atoms with Gasteiger partial charge in [-0.25, -0.2) is 0 Å². The molecule has 0 spiro atoms. The van der Waals surface area contributed by atoms with Crippen LogP contribution in [-0.4, -0.2) is 24.5 Å². The standard InChI is InChI=1S/C15H28N4/c1-10(2)14-11(3)5-4-8-19(14)9-12-6-7-18-15(17)13(12)16/h10,12,18H,4-9,16-17H2,1-3H3. The molecular formula is C15H28N4. The summed E-state index contributed by atoms with van der Waals surface area (Å²) >= 11 is 0. The molecule has 1 unspecified atom stereocenters. The monoisotopic (exact) mass is 264 g/mol. The maximum atomic E-state index is 6.15. The number of rotatable bonds is 3. The lowest BCUT2D eigenvalue weighted by molar-refractivity contribution is 0.245. The van der Waals surface area contributed by atoms with Gasteiger partial charge in [0.05, 0.1) is 5.70 Å². The maximum absolute atomic E-state index is 6.15. The lowest BCUT2D eigenvalue weighted by atomic mass is 9.92. The van der Waals surface area contributed by atoms with Crippen LogP contribution in [0.4, 0.5) is 0 Å². The molecule has 2 rings (SSSR count). The summed E-state index contributed by atoms with van der Waals surface area (Å²) in [5.41, 5.74) is 16.0. The van der Waals surface area contributed by atoms with Gasteiger partial charge in [0.25, 0.3) is 0 Å². The predicted molar refractivity (Wildman–Crippen MR) is 79.9 cm³/mol. The van der Waals surface area contributed by atoms with E-state index in [1.165, 1.54) is 18.5 Å². The van der Waals surface area contributed by atoms with Crippen LogP contribution >= 0.6 is 0 Å². The van der Waals surface area contributed by atoms with Crippen LogP contribution in [0.25, 0.3) is 0 Å². The van der Waals surface area contributed by atoms with Crippen molar-refractivity contribution in [3.63, 3.8) is 0 Å². The third-order valence-corrected chi connectivity index (χ3v) is 4.30. The van der Waals surface area contributed by atoms with Crippen LogP contribution in [0.3, 0.4) is 0 Å². The Bertz CT molecular complexity index is 395. The molecule has 0 bridgehead atoms. The van der Waals surface area contributed by atoms with Crippen LogP contribution in [0.1, 0.15) is 40.0 Å². The second kappa shape index (κ2) is 5.76. The second-order valence-corrected chi connectivity index (χ2v) is 6.15. The van der Waals surface area contributed by atoms with Gasteiger partial charge in [-0.1, -0.05) is 19.4 Å². The number of nitrogens with two attached hydrogens (primary N) is 2. The lowest BCUT2D eigenvalue weighted by Crippen LogP contribution is -2.42. The fraction of sp³-hybridized carbons (Fsp3) is 0.733. The van der Waals surface area contributed by atoms with Crippen molar-refractivity contribution in [2.75, 3.05) is 19.6 Å². The molecule has 0 fully saturated rings. The number of allylic oxidation sites excluding steroid dienone is 2. The van der Waals surface area contributed by atoms with Gasteiger partial charge in [-0.05, 0) is 32.1 Å². The van der Waals surface area contributed by atoms with E-state index in [4.69, 9.17) is 11.5 Å². The van der Waals surface area contributed by atoms with E-state index in [1.807, 2.05) is 0 Å². The van der Waals surface area contributed by atoms with E-state index in [0.717, 1.165) is 31.8 Å². The topological polar surface area (TPSA) is 67.3 Å². The van der Waals surface area contributed by atoms with E-state index < -0.39 is 0 Å². The summed E-state index contributed by atoms with van der Waals surface area (Å²) in [6.07, 6.45) is 3.57. The summed E-state index contributed by atoms with van der Waals surface area (Å²) in [5, 5.41) is 3.14. The van der Waals surface area contributed by atoms with E-state index in [1.54, 1.807) is 5.57 Å². The summed E-state index contributed by atoms with van der Waals surface area (Å²) in [4.78, 5) is 2.54. The summed E-state index contributed by atoms with van der Waals surface area (Å²) in [6.45, 7) is 9.95. The molecule has 4 heteroatoms. The zero-order chi connectivity index (χ0) is 14.0. The first-order chi connectivity index (χ1) is 9.00. The second-order valence-electron chi connectivity index (χ2n) is 6.15. The number of hydrogen-bond donors (Lipinski definition) is 3. The highest BCUT2D eigenvalue weighted by Crippen LogP contribution is 2.30. The quantitative estimate of drug-likeness (QED) is 0.726. The van der Waals surface area contributed by atoms with Gasteiger partial charge >= 0.3 is 0 Å². The minimum absolute atomic E-state index is 0.390. The van der Waals surface area contributed by atoms with Crippen LogP contribution in [-0.2, 0) is 0 Å². The van der Waals surface area contributed by atoms with E-state index in [2.05, 4.69) is 31.0 Å². The van der Waals surface area contributed by atoms with E-state index in [0.29, 0.717) is 17.7 Å². The molecule has 0 aromatic heterocycles. The summed E-state index contributed by atoms with van der Waals surface area (Å²) in [7, 11) is 0. The van der Waals surface area contributed by atoms with Gasteiger partial charge < -0.3 is 21.7 Å². The zero-order valence-electron chi connectivity index (χ0n) is 12.5. The van der Waals surface area contributed by atoms with Gasteiger partial charge in [-0.2, -0.15) is 0 Å². The molecule has 4 nitrogen and oxygen atoms in total. The molecule has 0 aromatic rings. The van der Waals surface area contributed by atoms with Gasteiger partial charge in [0.2, 0.25) is 0 Å². The Morgan fingerprint density at radius 3 is 2.79 bits per heavy atom. The molecule has 2 heterocycles. The predicted octanol–water partition coefficient (Wildman–Crippen LogP) is 1.71. The first-order valence-electron chi connectivity index (χ1n) is 7.44. The Labute approximate surface area is 116 Å². The third kappa shape index (κ3) is 2.99. The van der Waals surface area contributed by atoms with Crippen LogP contribution < -0.4 is 16.8 Å². The molecule has 108 valence electrons. The van der Waals surface area contributed by atoms with Crippen LogP contribution in [0.15, 0.2) is 22.8 Å². The Hall–Kier alpha value is -1.32. The molecule has 0 saturated heterocycles. The van der Waals surface area contributed by atoms with Gasteiger partial charge in [-0.15, -0.1) is 0 Å². The SMILES string of the molecule is CC1=C(C(C)C)N(CC2CCNC(N)=C2N)CCC1. The molecule has 2 aliphatic rings. The molecule has 1 atom stereocenters. The zero-order valence-corrected chi connectivity index (χ0v) is 12.5. The molecule has 0 aliphatic carbocycles. The Balaban J connectivity index is 2.14. The van der Waals surface area contributed by atoms with Gasteiger partial charge in [0.1, 0.15) is 5.82 Å². The molecule has 19 heavy (non-hydrogen) atoms. The Morgan fingerprint density at radius 2 is 2.11 bits per heavy atom. The van der Waals surface area contributed by atoms with Gasteiger partial charge in [-0.3, -0.25) is 0 Å². The van der Waals surface area contributed by atoms with Crippen molar-refractivity contribution in [3.05, 3.63) is 22.8 Å². The minimum atomic E-state index is 0.390. The van der Waals surface area contributed by atoms with Crippen LogP contribution in [0.5, 0.6) is 0 Å². The van der Waals surface area contributed by atoms with Crippen molar-refractivity contribution in [1.82, 2.24) is 10.2 Å². The molecule has 0 amide bonds. The molecular weight excluding hydrogens is 236 g/mol. The van der Waals surface area contributed by atoms with E-state index in [9.17, 15) is 0 Å². The molecule has 2 aliphatic heterocycles. The average Bonchev–Trinajstić information content (AvgIpc) is 2.34. The third-order valence-electron chi connectivity index (χ3n) is 4.30. The van der Waals surface area contributed by atoms with Crippen LogP contribution in [0.2, 0.25) is 0 Å². The minimum Gasteiger partial charge on any atom is -0.399 e. The van der Waals surface area contributed by atoms with Crippen molar-refractivity contribution >= 4 is 0 Å². The van der Waals surface area contributed by atoms with Crippen LogP contribution in [0, 0.1) is 11.8 Å². The average molecular weight is 264 g/mol. The van der Waals surface area contributed by atoms with E-state index in [-0.39, 0.29) is 0 Å². The number of hydrogen-bond acceptors (Lipinski definition) is 4. The lowest BCUT2D eigenvalue weighted by Gasteiger charge is -2.39. The highest BCUT2D eigenvalue weighted by molar-refractivity contribution is 5.19. The fourth-order valence-corrected chi connectivity index (χ4v) is 3.42. The normalized spacial score (nSPS) is 25.1.